The fourth-order valence-corrected chi connectivity index (χ4v) is 1.60. The van der Waals surface area contributed by atoms with Crippen molar-refractivity contribution in [1.82, 2.24) is 14.7 Å². The molecule has 4 heteroatoms. The van der Waals surface area contributed by atoms with Crippen LogP contribution in [0.3, 0.4) is 0 Å². The van der Waals surface area contributed by atoms with Gasteiger partial charge in [-0.3, -0.25) is 9.69 Å². The lowest BCUT2D eigenvalue weighted by molar-refractivity contribution is -0.134. The fourth-order valence-electron chi connectivity index (χ4n) is 1.60. The smallest absolute Gasteiger partial charge is 0.236 e. The largest absolute Gasteiger partial charge is 0.339 e. The molecule has 0 spiro atoms. The molecule has 0 aromatic rings. The van der Waals surface area contributed by atoms with Crippen LogP contribution in [0.15, 0.2) is 0 Å². The molecule has 0 bridgehead atoms. The molecule has 1 heterocycles. The Labute approximate surface area is 99.2 Å². The minimum atomic E-state index is 0.0578. The van der Waals surface area contributed by atoms with Crippen LogP contribution in [0, 0.1) is 0 Å². The highest BCUT2D eigenvalue weighted by molar-refractivity contribution is 5.78. The number of piperazine rings is 1. The van der Waals surface area contributed by atoms with Crippen LogP contribution >= 0.6 is 0 Å². The van der Waals surface area contributed by atoms with Gasteiger partial charge in [0.05, 0.1) is 6.54 Å². The van der Waals surface area contributed by atoms with Gasteiger partial charge in [-0.2, -0.15) is 0 Å². The zero-order valence-corrected chi connectivity index (χ0v) is 11.3. The van der Waals surface area contributed by atoms with Crippen LogP contribution < -0.4 is 0 Å². The molecule has 0 atom stereocenters. The first-order valence-electron chi connectivity index (χ1n) is 5.98. The maximum atomic E-state index is 12.0. The molecule has 1 fully saturated rings. The summed E-state index contributed by atoms with van der Waals surface area (Å²) in [5, 5.41) is 0. The summed E-state index contributed by atoms with van der Waals surface area (Å²) < 4.78 is 0. The first-order chi connectivity index (χ1) is 7.30. The van der Waals surface area contributed by atoms with Crippen LogP contribution in [0.25, 0.3) is 0 Å². The van der Waals surface area contributed by atoms with E-state index in [0.29, 0.717) is 6.54 Å². The fraction of sp³-hybridized carbons (Fsp3) is 0.917. The zero-order valence-electron chi connectivity index (χ0n) is 11.3. The Bertz CT molecular complexity index is 239. The van der Waals surface area contributed by atoms with Crippen molar-refractivity contribution in [3.8, 4) is 0 Å². The van der Waals surface area contributed by atoms with Crippen molar-refractivity contribution in [3.05, 3.63) is 0 Å². The summed E-state index contributed by atoms with van der Waals surface area (Å²) >= 11 is 0. The average molecular weight is 227 g/mol. The summed E-state index contributed by atoms with van der Waals surface area (Å²) in [6.45, 7) is 10.6. The first-order valence-corrected chi connectivity index (χ1v) is 5.98. The Hall–Kier alpha value is -0.610. The predicted octanol–water partition coefficient (Wildman–Crippen LogP) is 0.491. The molecule has 1 aliphatic heterocycles. The molecule has 4 nitrogen and oxygen atoms in total. The second-order valence-corrected chi connectivity index (χ2v) is 5.71. The number of hydrogen-bond donors (Lipinski definition) is 0. The number of amides is 1. The number of carbonyl (C=O) groups is 1. The Morgan fingerprint density at radius 3 is 2.12 bits per heavy atom. The Kier molecular flexibility index (Phi) is 4.33. The van der Waals surface area contributed by atoms with E-state index in [0.717, 1.165) is 26.2 Å². The second kappa shape index (κ2) is 5.15. The molecule has 1 amide bonds. The van der Waals surface area contributed by atoms with Crippen molar-refractivity contribution in [1.29, 1.82) is 0 Å². The predicted molar refractivity (Wildman–Crippen MR) is 66.5 cm³/mol. The van der Waals surface area contributed by atoms with Crippen molar-refractivity contribution in [2.24, 2.45) is 0 Å². The molecule has 1 aliphatic rings. The summed E-state index contributed by atoms with van der Waals surface area (Å²) in [6.07, 6.45) is 0. The normalized spacial score (nSPS) is 19.2. The topological polar surface area (TPSA) is 26.8 Å². The first kappa shape index (κ1) is 13.5. The molecule has 0 aliphatic carbocycles. The lowest BCUT2D eigenvalue weighted by atomic mass is 10.1. The maximum Gasteiger partial charge on any atom is 0.236 e. The van der Waals surface area contributed by atoms with Gasteiger partial charge in [0.1, 0.15) is 0 Å². The van der Waals surface area contributed by atoms with E-state index < -0.39 is 0 Å². The molecule has 0 unspecified atom stereocenters. The monoisotopic (exact) mass is 227 g/mol. The maximum absolute atomic E-state index is 12.0. The number of nitrogens with zero attached hydrogens (tertiary/aromatic N) is 3. The van der Waals surface area contributed by atoms with Gasteiger partial charge < -0.3 is 9.80 Å². The van der Waals surface area contributed by atoms with E-state index in [1.54, 1.807) is 0 Å². The molecule has 0 radical (unpaired) electrons. The van der Waals surface area contributed by atoms with Gasteiger partial charge in [-0.25, -0.2) is 0 Å². The van der Waals surface area contributed by atoms with Crippen LogP contribution in [0.2, 0.25) is 0 Å². The molecule has 0 saturated carbocycles. The van der Waals surface area contributed by atoms with E-state index >= 15 is 0 Å². The minimum absolute atomic E-state index is 0.0578. The van der Waals surface area contributed by atoms with E-state index in [4.69, 9.17) is 0 Å². The van der Waals surface area contributed by atoms with E-state index in [1.807, 2.05) is 11.9 Å². The van der Waals surface area contributed by atoms with E-state index in [9.17, 15) is 4.79 Å². The van der Waals surface area contributed by atoms with E-state index in [-0.39, 0.29) is 11.4 Å². The molecule has 1 saturated heterocycles. The number of hydrogen-bond acceptors (Lipinski definition) is 3. The Morgan fingerprint density at radius 1 is 1.19 bits per heavy atom. The number of rotatable bonds is 2. The van der Waals surface area contributed by atoms with Gasteiger partial charge in [0.15, 0.2) is 0 Å². The van der Waals surface area contributed by atoms with Gasteiger partial charge >= 0.3 is 0 Å². The Morgan fingerprint density at radius 2 is 1.69 bits per heavy atom. The second-order valence-electron chi connectivity index (χ2n) is 5.71. The van der Waals surface area contributed by atoms with Crippen LogP contribution in [0.5, 0.6) is 0 Å². The van der Waals surface area contributed by atoms with Gasteiger partial charge in [-0.1, -0.05) is 0 Å². The number of carbonyl (C=O) groups excluding carboxylic acids is 1. The van der Waals surface area contributed by atoms with Crippen molar-refractivity contribution in [2.75, 3.05) is 46.8 Å². The highest BCUT2D eigenvalue weighted by atomic mass is 16.2. The molecule has 16 heavy (non-hydrogen) atoms. The van der Waals surface area contributed by atoms with E-state index in [1.165, 1.54) is 0 Å². The molecule has 1 rings (SSSR count). The third-order valence-corrected chi connectivity index (χ3v) is 3.37. The molecule has 0 aromatic carbocycles. The van der Waals surface area contributed by atoms with Gasteiger partial charge in [0.25, 0.3) is 0 Å². The van der Waals surface area contributed by atoms with Gasteiger partial charge in [0, 0.05) is 31.7 Å². The summed E-state index contributed by atoms with van der Waals surface area (Å²) in [4.78, 5) is 18.4. The molecule has 0 N–H and O–H groups in total. The summed E-state index contributed by atoms with van der Waals surface area (Å²) in [5.41, 5.74) is 0.0578. The van der Waals surface area contributed by atoms with Crippen molar-refractivity contribution in [3.63, 3.8) is 0 Å². The quantitative estimate of drug-likeness (QED) is 0.687. The molecular weight excluding hydrogens is 202 g/mol. The Balaban J connectivity index is 2.41. The lowest BCUT2D eigenvalue weighted by Crippen LogP contribution is -2.51. The van der Waals surface area contributed by atoms with Gasteiger partial charge in [-0.05, 0) is 34.9 Å². The highest BCUT2D eigenvalue weighted by Crippen LogP contribution is 2.10. The zero-order chi connectivity index (χ0) is 12.3. The standard InChI is InChI=1S/C12H25N3O/c1-12(2,3)14(5)10-11(16)15-8-6-13(4)7-9-15/h6-10H2,1-5H3. The lowest BCUT2D eigenvalue weighted by Gasteiger charge is -2.36. The van der Waals surface area contributed by atoms with Crippen molar-refractivity contribution < 1.29 is 4.79 Å². The van der Waals surface area contributed by atoms with Crippen molar-refractivity contribution >= 4 is 5.91 Å². The third-order valence-electron chi connectivity index (χ3n) is 3.37. The summed E-state index contributed by atoms with van der Waals surface area (Å²) in [5.74, 6) is 0.255. The minimum Gasteiger partial charge on any atom is -0.339 e. The summed E-state index contributed by atoms with van der Waals surface area (Å²) in [6, 6.07) is 0. The van der Waals surface area contributed by atoms with Gasteiger partial charge in [0.2, 0.25) is 5.91 Å². The molecular formula is C12H25N3O. The number of likely N-dealkylation sites (N-methyl/N-ethyl adjacent to an activating group) is 2. The van der Waals surface area contributed by atoms with Crippen LogP contribution in [0.4, 0.5) is 0 Å². The highest BCUT2D eigenvalue weighted by Gasteiger charge is 2.24. The van der Waals surface area contributed by atoms with Gasteiger partial charge in [-0.15, -0.1) is 0 Å². The SMILES string of the molecule is CN1CCN(C(=O)CN(C)C(C)(C)C)CC1. The molecule has 94 valence electrons. The average Bonchev–Trinajstić information content (AvgIpc) is 2.17. The third kappa shape index (κ3) is 3.76. The van der Waals surface area contributed by atoms with Crippen LogP contribution in [-0.2, 0) is 4.79 Å². The van der Waals surface area contributed by atoms with E-state index in [2.05, 4.69) is 37.6 Å². The van der Waals surface area contributed by atoms with Crippen LogP contribution in [-0.4, -0.2) is 73.0 Å². The molecule has 0 aromatic heterocycles. The summed E-state index contributed by atoms with van der Waals surface area (Å²) in [7, 11) is 4.11. The van der Waals surface area contributed by atoms with Crippen molar-refractivity contribution in [2.45, 2.75) is 26.3 Å². The van der Waals surface area contributed by atoms with Crippen LogP contribution in [0.1, 0.15) is 20.8 Å².